The molecule has 0 spiro atoms. The topological polar surface area (TPSA) is 62.6 Å². The van der Waals surface area contributed by atoms with E-state index in [-0.39, 0.29) is 5.95 Å². The fourth-order valence-corrected chi connectivity index (χ4v) is 5.65. The molecule has 0 fully saturated rings. The first kappa shape index (κ1) is 25.4. The van der Waals surface area contributed by atoms with Gasteiger partial charge in [0.25, 0.3) is 0 Å². The van der Waals surface area contributed by atoms with Crippen molar-refractivity contribution in [3.05, 3.63) is 88.0 Å². The van der Waals surface area contributed by atoms with Crippen molar-refractivity contribution < 1.29 is 13.2 Å². The summed E-state index contributed by atoms with van der Waals surface area (Å²) in [5.74, 6) is 0.262. The van der Waals surface area contributed by atoms with Gasteiger partial charge in [-0.1, -0.05) is 49.7 Å². The molecule has 6 rings (SSSR count). The van der Waals surface area contributed by atoms with Gasteiger partial charge >= 0.3 is 6.18 Å². The van der Waals surface area contributed by atoms with Crippen molar-refractivity contribution in [3.63, 3.8) is 0 Å². The summed E-state index contributed by atoms with van der Waals surface area (Å²) in [7, 11) is 0. The molecule has 0 aliphatic carbocycles. The van der Waals surface area contributed by atoms with Gasteiger partial charge in [0.2, 0.25) is 5.95 Å². The van der Waals surface area contributed by atoms with Crippen LogP contribution in [0.5, 0.6) is 0 Å². The summed E-state index contributed by atoms with van der Waals surface area (Å²) in [5.41, 5.74) is 7.32. The first-order valence-corrected chi connectivity index (χ1v) is 13.3. The number of hydrogen-bond donors (Lipinski definition) is 1. The van der Waals surface area contributed by atoms with Crippen LogP contribution < -0.4 is 4.90 Å². The van der Waals surface area contributed by atoms with Gasteiger partial charge in [0, 0.05) is 54.6 Å². The van der Waals surface area contributed by atoms with Gasteiger partial charge in [-0.2, -0.15) is 18.3 Å². The second kappa shape index (κ2) is 9.72. The zero-order valence-electron chi connectivity index (χ0n) is 21.5. The number of aromatic amines is 1. The predicted octanol–water partition coefficient (Wildman–Crippen LogP) is 7.17. The van der Waals surface area contributed by atoms with E-state index in [4.69, 9.17) is 16.7 Å². The molecule has 0 unspecified atom stereocenters. The lowest BCUT2D eigenvalue weighted by Gasteiger charge is -2.27. The number of nitrogens with zero attached hydrogens (tertiary/aromatic N) is 5. The Balaban J connectivity index is 1.55. The van der Waals surface area contributed by atoms with Gasteiger partial charge in [-0.25, -0.2) is 14.6 Å². The van der Waals surface area contributed by atoms with Crippen molar-refractivity contribution >= 4 is 28.5 Å². The molecule has 1 aliphatic heterocycles. The predicted molar refractivity (Wildman–Crippen MR) is 146 cm³/mol. The molecular weight excluding hydrogens is 525 g/mol. The number of aryl methyl sites for hydroxylation is 2. The van der Waals surface area contributed by atoms with Gasteiger partial charge in [0.05, 0.1) is 33.2 Å². The second-order valence-electron chi connectivity index (χ2n) is 9.62. The first-order chi connectivity index (χ1) is 18.8. The maximum absolute atomic E-state index is 13.1. The fraction of sp³-hybridized carbons (Fsp3) is 0.276. The van der Waals surface area contributed by atoms with Crippen LogP contribution in [0.25, 0.3) is 27.8 Å². The van der Waals surface area contributed by atoms with Crippen LogP contribution in [0, 0.1) is 0 Å². The molecule has 6 nitrogen and oxygen atoms in total. The molecule has 4 heterocycles. The summed E-state index contributed by atoms with van der Waals surface area (Å²) < 4.78 is 41.4. The average molecular weight is 551 g/mol. The lowest BCUT2D eigenvalue weighted by Crippen LogP contribution is -2.31. The highest BCUT2D eigenvalue weighted by molar-refractivity contribution is 6.35. The number of fused-ring (bicyclic) bond motifs is 2. The molecule has 3 aromatic heterocycles. The summed E-state index contributed by atoms with van der Waals surface area (Å²) >= 11 is 6.52. The SMILES string of the molecule is CCc1cccc(CC)c1-n1nc2c(c1-c1ccc(Cl)c3[nH]ccc13)CN(c1ncc(C(F)(F)F)cn1)CC2. The highest BCUT2D eigenvalue weighted by Crippen LogP contribution is 2.40. The number of halogens is 4. The number of H-pyrrole nitrogens is 1. The highest BCUT2D eigenvalue weighted by Gasteiger charge is 2.33. The van der Waals surface area contributed by atoms with Crippen molar-refractivity contribution in [2.45, 2.75) is 45.8 Å². The third-order valence-corrected chi connectivity index (χ3v) is 7.70. The van der Waals surface area contributed by atoms with Gasteiger partial charge in [-0.15, -0.1) is 0 Å². The lowest BCUT2D eigenvalue weighted by molar-refractivity contribution is -0.138. The van der Waals surface area contributed by atoms with Gasteiger partial charge in [0.15, 0.2) is 0 Å². The quantitative estimate of drug-likeness (QED) is 0.252. The summed E-state index contributed by atoms with van der Waals surface area (Å²) in [4.78, 5) is 13.3. The zero-order valence-corrected chi connectivity index (χ0v) is 22.2. The van der Waals surface area contributed by atoms with Gasteiger partial charge < -0.3 is 9.88 Å². The monoisotopic (exact) mass is 550 g/mol. The number of rotatable bonds is 5. The molecule has 1 aliphatic rings. The third-order valence-electron chi connectivity index (χ3n) is 7.39. The number of alkyl halides is 3. The number of anilines is 1. The van der Waals surface area contributed by atoms with Crippen molar-refractivity contribution in [2.24, 2.45) is 0 Å². The molecule has 200 valence electrons. The lowest BCUT2D eigenvalue weighted by atomic mass is 9.97. The summed E-state index contributed by atoms with van der Waals surface area (Å²) in [6.07, 6.45) is 1.37. The average Bonchev–Trinajstić information content (AvgIpc) is 3.58. The van der Waals surface area contributed by atoms with E-state index in [9.17, 15) is 13.2 Å². The smallest absolute Gasteiger partial charge is 0.360 e. The standard InChI is InChI=1S/C29H26ClF3N6/c1-3-17-6-5-7-18(4-2)26(17)39-27(21-8-9-23(30)25-20(21)10-12-34-25)22-16-38(13-11-24(22)37-39)28-35-14-19(15-36-28)29(31,32)33/h5-10,12,14-15,34H,3-4,11,13,16H2,1-2H3. The minimum absolute atomic E-state index is 0.262. The molecule has 0 saturated carbocycles. The van der Waals surface area contributed by atoms with E-state index in [0.717, 1.165) is 64.3 Å². The summed E-state index contributed by atoms with van der Waals surface area (Å²) in [6, 6.07) is 12.3. The molecule has 10 heteroatoms. The van der Waals surface area contributed by atoms with Crippen LogP contribution in [0.4, 0.5) is 19.1 Å². The van der Waals surface area contributed by atoms with Gasteiger partial charge in [0.1, 0.15) is 0 Å². The Morgan fingerprint density at radius 3 is 2.38 bits per heavy atom. The maximum Gasteiger partial charge on any atom is 0.419 e. The van der Waals surface area contributed by atoms with Crippen molar-refractivity contribution in [2.75, 3.05) is 11.4 Å². The molecule has 0 saturated heterocycles. The largest absolute Gasteiger partial charge is 0.419 e. The van der Waals surface area contributed by atoms with Crippen LogP contribution in [-0.4, -0.2) is 31.3 Å². The molecular formula is C29H26ClF3N6. The molecule has 5 aromatic rings. The van der Waals surface area contributed by atoms with Crippen molar-refractivity contribution in [1.29, 1.82) is 0 Å². The summed E-state index contributed by atoms with van der Waals surface area (Å²) in [5, 5.41) is 6.76. The van der Waals surface area contributed by atoms with E-state index in [1.807, 2.05) is 29.3 Å². The zero-order chi connectivity index (χ0) is 27.3. The molecule has 0 bridgehead atoms. The molecule has 2 aromatic carbocycles. The van der Waals surface area contributed by atoms with Crippen LogP contribution in [-0.2, 0) is 32.0 Å². The molecule has 0 atom stereocenters. The van der Waals surface area contributed by atoms with E-state index < -0.39 is 11.7 Å². The normalized spacial score (nSPS) is 13.7. The maximum atomic E-state index is 13.1. The second-order valence-corrected chi connectivity index (χ2v) is 10.0. The Bertz CT molecular complexity index is 1650. The van der Waals surface area contributed by atoms with Gasteiger partial charge in [-0.05, 0) is 36.1 Å². The Labute approximate surface area is 228 Å². The van der Waals surface area contributed by atoms with Crippen molar-refractivity contribution in [1.82, 2.24) is 24.7 Å². The molecule has 0 radical (unpaired) electrons. The Hall–Kier alpha value is -3.85. The van der Waals surface area contributed by atoms with E-state index in [1.165, 1.54) is 11.1 Å². The third kappa shape index (κ3) is 4.34. The van der Waals surface area contributed by atoms with Crippen LogP contribution in [0.1, 0.15) is 41.8 Å². The minimum atomic E-state index is -4.48. The number of benzene rings is 2. The number of hydrogen-bond acceptors (Lipinski definition) is 4. The summed E-state index contributed by atoms with van der Waals surface area (Å²) in [6.45, 7) is 5.24. The van der Waals surface area contributed by atoms with Crippen molar-refractivity contribution in [3.8, 4) is 16.9 Å². The van der Waals surface area contributed by atoms with Gasteiger partial charge in [-0.3, -0.25) is 0 Å². The van der Waals surface area contributed by atoms with E-state index in [2.05, 4.69) is 51.7 Å². The number of para-hydroxylation sites is 1. The Kier molecular flexibility index (Phi) is 6.33. The molecule has 1 N–H and O–H groups in total. The first-order valence-electron chi connectivity index (χ1n) is 12.9. The Morgan fingerprint density at radius 2 is 1.72 bits per heavy atom. The Morgan fingerprint density at radius 1 is 1.00 bits per heavy atom. The van der Waals surface area contributed by atoms with Crippen LogP contribution in [0.3, 0.4) is 0 Å². The van der Waals surface area contributed by atoms with Crippen LogP contribution >= 0.6 is 11.6 Å². The van der Waals surface area contributed by atoms with Crippen LogP contribution in [0.15, 0.2) is 55.0 Å². The highest BCUT2D eigenvalue weighted by atomic mass is 35.5. The fourth-order valence-electron chi connectivity index (χ4n) is 5.43. The molecule has 39 heavy (non-hydrogen) atoms. The molecule has 0 amide bonds. The number of nitrogens with one attached hydrogen (secondary N) is 1. The number of aromatic nitrogens is 5. The van der Waals surface area contributed by atoms with E-state index in [1.54, 1.807) is 0 Å². The minimum Gasteiger partial charge on any atom is -0.360 e. The van der Waals surface area contributed by atoms with E-state index in [0.29, 0.717) is 24.5 Å². The van der Waals surface area contributed by atoms with Crippen LogP contribution in [0.2, 0.25) is 5.02 Å². The van der Waals surface area contributed by atoms with E-state index >= 15 is 0 Å².